The van der Waals surface area contributed by atoms with Gasteiger partial charge in [-0.25, -0.2) is 4.39 Å². The fourth-order valence-electron chi connectivity index (χ4n) is 5.25. The van der Waals surface area contributed by atoms with Crippen molar-refractivity contribution in [2.45, 2.75) is 51.5 Å². The number of benzene rings is 2. The fourth-order valence-corrected chi connectivity index (χ4v) is 5.25. The summed E-state index contributed by atoms with van der Waals surface area (Å²) < 4.78 is 13.4. The van der Waals surface area contributed by atoms with E-state index >= 15 is 0 Å². The summed E-state index contributed by atoms with van der Waals surface area (Å²) in [5, 5.41) is 0. The van der Waals surface area contributed by atoms with Gasteiger partial charge in [-0.05, 0) is 35.6 Å². The molecular formula is C29H38FN3O2. The van der Waals surface area contributed by atoms with Gasteiger partial charge in [0, 0.05) is 52.2 Å². The van der Waals surface area contributed by atoms with Crippen LogP contribution in [0.25, 0.3) is 0 Å². The molecular weight excluding hydrogens is 441 g/mol. The van der Waals surface area contributed by atoms with E-state index in [1.807, 2.05) is 40.1 Å². The van der Waals surface area contributed by atoms with Crippen molar-refractivity contribution in [3.05, 3.63) is 71.5 Å². The number of hydrogen-bond donors (Lipinski definition) is 0. The van der Waals surface area contributed by atoms with Crippen LogP contribution in [0, 0.1) is 11.7 Å². The van der Waals surface area contributed by atoms with Crippen LogP contribution in [0.2, 0.25) is 0 Å². The van der Waals surface area contributed by atoms with Crippen molar-refractivity contribution in [1.29, 1.82) is 0 Å². The molecule has 0 radical (unpaired) electrons. The maximum Gasteiger partial charge on any atom is 0.227 e. The summed E-state index contributed by atoms with van der Waals surface area (Å²) in [7, 11) is 0. The number of piperazine rings is 1. The average molecular weight is 480 g/mol. The molecule has 5 nitrogen and oxygen atoms in total. The first-order chi connectivity index (χ1) is 17.1. The summed E-state index contributed by atoms with van der Waals surface area (Å²) in [5.41, 5.74) is 1.91. The highest BCUT2D eigenvalue weighted by Crippen LogP contribution is 2.28. The summed E-state index contributed by atoms with van der Waals surface area (Å²) in [6, 6.07) is 16.2. The van der Waals surface area contributed by atoms with E-state index in [1.54, 1.807) is 12.1 Å². The molecule has 0 N–H and O–H groups in total. The first-order valence-electron chi connectivity index (χ1n) is 13.1. The molecule has 6 heteroatoms. The minimum atomic E-state index is -0.272. The number of rotatable bonds is 10. The lowest BCUT2D eigenvalue weighted by molar-refractivity contribution is -0.133. The van der Waals surface area contributed by atoms with Crippen molar-refractivity contribution in [3.8, 4) is 0 Å². The lowest BCUT2D eigenvalue weighted by Gasteiger charge is -2.36. The normalized spacial score (nSPS) is 17.0. The van der Waals surface area contributed by atoms with Crippen LogP contribution in [0.5, 0.6) is 0 Å². The van der Waals surface area contributed by atoms with Gasteiger partial charge in [0.15, 0.2) is 0 Å². The number of amides is 2. The minimum absolute atomic E-state index is 0.0706. The Balaban J connectivity index is 1.27. The van der Waals surface area contributed by atoms with Gasteiger partial charge in [0.05, 0.1) is 6.42 Å². The second-order valence-corrected chi connectivity index (χ2v) is 10.0. The van der Waals surface area contributed by atoms with Crippen molar-refractivity contribution in [2.75, 3.05) is 39.3 Å². The molecule has 2 aliphatic rings. The highest BCUT2D eigenvalue weighted by molar-refractivity contribution is 5.78. The first kappa shape index (κ1) is 25.4. The molecule has 4 rings (SSSR count). The van der Waals surface area contributed by atoms with E-state index in [0.29, 0.717) is 31.8 Å². The van der Waals surface area contributed by atoms with Crippen molar-refractivity contribution < 1.29 is 14.0 Å². The third-order valence-corrected chi connectivity index (χ3v) is 7.49. The van der Waals surface area contributed by atoms with Crippen LogP contribution in [0.3, 0.4) is 0 Å². The Bertz CT molecular complexity index is 936. The van der Waals surface area contributed by atoms with Crippen molar-refractivity contribution >= 4 is 11.8 Å². The van der Waals surface area contributed by atoms with Crippen LogP contribution in [-0.4, -0.2) is 65.8 Å². The third kappa shape index (κ3) is 7.89. The van der Waals surface area contributed by atoms with E-state index in [9.17, 15) is 14.0 Å². The quantitative estimate of drug-likeness (QED) is 0.504. The van der Waals surface area contributed by atoms with E-state index in [0.717, 1.165) is 56.2 Å². The van der Waals surface area contributed by atoms with E-state index in [2.05, 4.69) is 4.90 Å². The van der Waals surface area contributed by atoms with Gasteiger partial charge in [0.2, 0.25) is 11.8 Å². The molecule has 0 unspecified atom stereocenters. The predicted molar refractivity (Wildman–Crippen MR) is 136 cm³/mol. The lowest BCUT2D eigenvalue weighted by Crippen LogP contribution is -2.50. The van der Waals surface area contributed by atoms with Gasteiger partial charge in [-0.2, -0.15) is 0 Å². The van der Waals surface area contributed by atoms with Crippen molar-refractivity contribution in [2.24, 2.45) is 5.92 Å². The van der Waals surface area contributed by atoms with Gasteiger partial charge in [0.25, 0.3) is 0 Å². The number of nitrogens with zero attached hydrogens (tertiary/aromatic N) is 3. The Morgan fingerprint density at radius 2 is 1.57 bits per heavy atom. The zero-order valence-electron chi connectivity index (χ0n) is 20.7. The van der Waals surface area contributed by atoms with E-state index < -0.39 is 0 Å². The number of hydrogen-bond acceptors (Lipinski definition) is 3. The molecule has 1 saturated carbocycles. The summed E-state index contributed by atoms with van der Waals surface area (Å²) in [5.74, 6) is 0.848. The van der Waals surface area contributed by atoms with E-state index in [-0.39, 0.29) is 11.7 Å². The maximum atomic E-state index is 13.4. The van der Waals surface area contributed by atoms with Gasteiger partial charge in [0.1, 0.15) is 5.82 Å². The van der Waals surface area contributed by atoms with Crippen molar-refractivity contribution in [3.63, 3.8) is 0 Å². The topological polar surface area (TPSA) is 43.9 Å². The Labute approximate surface area is 208 Å². The Morgan fingerprint density at radius 1 is 0.886 bits per heavy atom. The monoisotopic (exact) mass is 479 g/mol. The van der Waals surface area contributed by atoms with Crippen LogP contribution < -0.4 is 0 Å². The fraction of sp³-hybridized carbons (Fsp3) is 0.517. The highest BCUT2D eigenvalue weighted by atomic mass is 19.1. The Morgan fingerprint density at radius 3 is 2.26 bits per heavy atom. The van der Waals surface area contributed by atoms with Crippen LogP contribution >= 0.6 is 0 Å². The zero-order valence-corrected chi connectivity index (χ0v) is 20.7. The zero-order chi connectivity index (χ0) is 24.5. The molecule has 2 aromatic carbocycles. The summed E-state index contributed by atoms with van der Waals surface area (Å²) in [6.07, 6.45) is 7.31. The predicted octanol–water partition coefficient (Wildman–Crippen LogP) is 4.51. The molecule has 35 heavy (non-hydrogen) atoms. The largest absolute Gasteiger partial charge is 0.340 e. The van der Waals surface area contributed by atoms with Crippen LogP contribution in [0.15, 0.2) is 54.6 Å². The molecule has 2 fully saturated rings. The molecule has 2 aromatic rings. The minimum Gasteiger partial charge on any atom is -0.340 e. The van der Waals surface area contributed by atoms with Gasteiger partial charge < -0.3 is 9.80 Å². The number of carbonyl (C=O) groups is 2. The summed E-state index contributed by atoms with van der Waals surface area (Å²) >= 11 is 0. The second-order valence-electron chi connectivity index (χ2n) is 10.0. The highest BCUT2D eigenvalue weighted by Gasteiger charge is 2.24. The molecule has 0 atom stereocenters. The molecule has 0 spiro atoms. The molecule has 1 aliphatic heterocycles. The van der Waals surface area contributed by atoms with E-state index in [4.69, 9.17) is 0 Å². The number of carbonyl (C=O) groups excluding carboxylic acids is 2. The smallest absolute Gasteiger partial charge is 0.227 e. The van der Waals surface area contributed by atoms with Crippen LogP contribution in [0.1, 0.15) is 49.7 Å². The van der Waals surface area contributed by atoms with Gasteiger partial charge in [-0.1, -0.05) is 68.1 Å². The maximum absolute atomic E-state index is 13.4. The third-order valence-electron chi connectivity index (χ3n) is 7.49. The SMILES string of the molecule is O=C(CCC1CCCC1)N1CCN(CCN(Cc2ccc(F)cc2)C(=O)Cc2ccccc2)CC1. The number of halogens is 1. The lowest BCUT2D eigenvalue weighted by atomic mass is 10.0. The molecule has 0 bridgehead atoms. The molecule has 2 amide bonds. The Hall–Kier alpha value is -2.73. The van der Waals surface area contributed by atoms with Gasteiger partial charge in [-0.3, -0.25) is 14.5 Å². The summed E-state index contributed by atoms with van der Waals surface area (Å²) in [4.78, 5) is 32.0. The molecule has 1 heterocycles. The van der Waals surface area contributed by atoms with Gasteiger partial charge in [-0.15, -0.1) is 0 Å². The molecule has 0 aromatic heterocycles. The standard InChI is InChI=1S/C29H38FN3O2/c30-27-13-10-26(11-14-27)23-33(29(35)22-25-8-2-1-3-9-25)21-18-31-16-19-32(20-17-31)28(34)15-12-24-6-4-5-7-24/h1-3,8-11,13-14,24H,4-7,12,15-23H2. The van der Waals surface area contributed by atoms with Crippen LogP contribution in [0.4, 0.5) is 4.39 Å². The Kier molecular flexibility index (Phi) is 9.29. The molecule has 188 valence electrons. The van der Waals surface area contributed by atoms with Gasteiger partial charge >= 0.3 is 0 Å². The first-order valence-corrected chi connectivity index (χ1v) is 13.1. The van der Waals surface area contributed by atoms with E-state index in [1.165, 1.54) is 37.8 Å². The van der Waals surface area contributed by atoms with Crippen molar-refractivity contribution in [1.82, 2.24) is 14.7 Å². The molecule has 1 aliphatic carbocycles. The summed E-state index contributed by atoms with van der Waals surface area (Å²) in [6.45, 7) is 5.05. The van der Waals surface area contributed by atoms with Crippen LogP contribution in [-0.2, 0) is 22.6 Å². The molecule has 1 saturated heterocycles. The average Bonchev–Trinajstić information content (AvgIpc) is 3.41. The second kappa shape index (κ2) is 12.8.